The summed E-state index contributed by atoms with van der Waals surface area (Å²) in [7, 11) is -1.35. The molecule has 1 amide bonds. The van der Waals surface area contributed by atoms with Gasteiger partial charge in [-0.1, -0.05) is 6.92 Å². The first kappa shape index (κ1) is 15.8. The second-order valence-electron chi connectivity index (χ2n) is 5.50. The molecule has 1 aliphatic heterocycles. The van der Waals surface area contributed by atoms with Crippen LogP contribution < -0.4 is 5.32 Å². The van der Waals surface area contributed by atoms with Crippen molar-refractivity contribution in [1.82, 2.24) is 4.90 Å². The van der Waals surface area contributed by atoms with Gasteiger partial charge >= 0.3 is 0 Å². The number of nitrogens with zero attached hydrogens (tertiary/aromatic N) is 1. The number of piperidine rings is 1. The van der Waals surface area contributed by atoms with Crippen molar-refractivity contribution in [1.29, 1.82) is 0 Å². The molecule has 1 saturated heterocycles. The van der Waals surface area contributed by atoms with Crippen molar-refractivity contribution in [2.24, 2.45) is 0 Å². The van der Waals surface area contributed by atoms with Crippen molar-refractivity contribution in [3.8, 4) is 0 Å². The second-order valence-corrected chi connectivity index (χ2v) is 7.61. The topological polar surface area (TPSA) is 66.5 Å². The maximum Gasteiger partial charge on any atom is 0.222 e. The van der Waals surface area contributed by atoms with Crippen LogP contribution in [0.25, 0.3) is 0 Å². The van der Waals surface area contributed by atoms with Crippen LogP contribution in [0.5, 0.6) is 0 Å². The van der Waals surface area contributed by atoms with Gasteiger partial charge in [-0.25, -0.2) is 8.42 Å². The molecule has 116 valence electrons. The van der Waals surface area contributed by atoms with Crippen LogP contribution in [-0.2, 0) is 14.6 Å². The Morgan fingerprint density at radius 3 is 2.52 bits per heavy atom. The van der Waals surface area contributed by atoms with Gasteiger partial charge in [-0.15, -0.1) is 0 Å². The van der Waals surface area contributed by atoms with Crippen LogP contribution in [0.4, 0.5) is 5.69 Å². The number of carbonyl (C=O) groups excluding carboxylic acids is 1. The summed E-state index contributed by atoms with van der Waals surface area (Å²) in [6, 6.07) is 7.08. The van der Waals surface area contributed by atoms with Crippen molar-refractivity contribution in [3.63, 3.8) is 0 Å². The van der Waals surface area contributed by atoms with Crippen molar-refractivity contribution in [3.05, 3.63) is 24.3 Å². The van der Waals surface area contributed by atoms with Gasteiger partial charge in [-0.3, -0.25) is 4.79 Å². The highest BCUT2D eigenvalue weighted by Gasteiger charge is 2.22. The summed E-state index contributed by atoms with van der Waals surface area (Å²) in [6.07, 6.45) is 1.97. The highest BCUT2D eigenvalue weighted by molar-refractivity contribution is 7.91. The fourth-order valence-corrected chi connectivity index (χ4v) is 3.83. The molecule has 1 unspecified atom stereocenters. The van der Waals surface area contributed by atoms with E-state index in [4.69, 9.17) is 0 Å². The van der Waals surface area contributed by atoms with Gasteiger partial charge in [0.05, 0.1) is 10.6 Å². The number of sulfone groups is 1. The third-order valence-corrected chi connectivity index (χ3v) is 5.62. The number of nitrogens with one attached hydrogen (secondary N) is 1. The van der Waals surface area contributed by atoms with E-state index < -0.39 is 9.84 Å². The van der Waals surface area contributed by atoms with Crippen LogP contribution in [0, 0.1) is 0 Å². The molecule has 0 bridgehead atoms. The number of anilines is 1. The minimum atomic E-state index is -3.16. The van der Waals surface area contributed by atoms with Crippen molar-refractivity contribution in [2.45, 2.75) is 37.1 Å². The molecule has 5 nitrogen and oxygen atoms in total. The number of likely N-dealkylation sites (N-methyl/N-ethyl adjacent to an activating group) is 1. The maximum absolute atomic E-state index is 11.9. The van der Waals surface area contributed by atoms with Crippen molar-refractivity contribution < 1.29 is 13.2 Å². The molecule has 1 fully saturated rings. The average molecular weight is 310 g/mol. The molecule has 2 rings (SSSR count). The maximum atomic E-state index is 11.9. The lowest BCUT2D eigenvalue weighted by Gasteiger charge is -2.30. The molecule has 0 aliphatic carbocycles. The lowest BCUT2D eigenvalue weighted by molar-refractivity contribution is -0.132. The largest absolute Gasteiger partial charge is 0.381 e. The van der Waals surface area contributed by atoms with Gasteiger partial charge in [0.2, 0.25) is 5.91 Å². The quantitative estimate of drug-likeness (QED) is 0.902. The average Bonchev–Trinajstić information content (AvgIpc) is 2.43. The minimum absolute atomic E-state index is 0.175. The standard InChI is InChI=1S/C15H22N2O3S/c1-3-10-21(19,20)14-7-4-12(5-8-14)16-13-6-9-15(18)17(2)11-13/h4-5,7-8,13,16H,3,6,9-11H2,1-2H3. The summed E-state index contributed by atoms with van der Waals surface area (Å²) in [5, 5.41) is 3.35. The van der Waals surface area contributed by atoms with E-state index in [1.54, 1.807) is 36.2 Å². The predicted molar refractivity (Wildman–Crippen MR) is 83.1 cm³/mol. The molecule has 0 spiro atoms. The van der Waals surface area contributed by atoms with Crippen LogP contribution >= 0.6 is 0 Å². The zero-order valence-corrected chi connectivity index (χ0v) is 13.3. The molecule has 0 saturated carbocycles. The Morgan fingerprint density at radius 2 is 1.95 bits per heavy atom. The Hall–Kier alpha value is -1.56. The van der Waals surface area contributed by atoms with Crippen LogP contribution in [0.15, 0.2) is 29.2 Å². The second kappa shape index (κ2) is 6.47. The van der Waals surface area contributed by atoms with E-state index in [-0.39, 0.29) is 17.7 Å². The van der Waals surface area contributed by atoms with Gasteiger partial charge in [-0.05, 0) is 37.1 Å². The Bertz CT molecular complexity index is 596. The summed E-state index contributed by atoms with van der Waals surface area (Å²) >= 11 is 0. The molecule has 1 N–H and O–H groups in total. The van der Waals surface area contributed by atoms with E-state index in [9.17, 15) is 13.2 Å². The lowest BCUT2D eigenvalue weighted by atomic mass is 10.1. The molecule has 1 aliphatic rings. The minimum Gasteiger partial charge on any atom is -0.381 e. The number of hydrogen-bond donors (Lipinski definition) is 1. The highest BCUT2D eigenvalue weighted by Crippen LogP contribution is 2.19. The molecule has 1 aromatic rings. The Morgan fingerprint density at radius 1 is 1.29 bits per heavy atom. The normalized spacial score (nSPS) is 19.6. The van der Waals surface area contributed by atoms with Crippen LogP contribution in [-0.4, -0.2) is 44.6 Å². The smallest absolute Gasteiger partial charge is 0.222 e. The summed E-state index contributed by atoms with van der Waals surface area (Å²) in [6.45, 7) is 2.53. The molecular weight excluding hydrogens is 288 g/mol. The zero-order chi connectivity index (χ0) is 15.5. The highest BCUT2D eigenvalue weighted by atomic mass is 32.2. The molecular formula is C15H22N2O3S. The van der Waals surface area contributed by atoms with Crippen molar-refractivity contribution in [2.75, 3.05) is 24.7 Å². The number of hydrogen-bond acceptors (Lipinski definition) is 4. The predicted octanol–water partition coefficient (Wildman–Crippen LogP) is 1.90. The Balaban J connectivity index is 2.01. The van der Waals surface area contributed by atoms with Gasteiger partial charge < -0.3 is 10.2 Å². The van der Waals surface area contributed by atoms with E-state index in [0.717, 1.165) is 12.1 Å². The molecule has 6 heteroatoms. The van der Waals surface area contributed by atoms with E-state index >= 15 is 0 Å². The number of amides is 1. The molecule has 0 aromatic heterocycles. The van der Waals surface area contributed by atoms with E-state index in [2.05, 4.69) is 5.32 Å². The number of likely N-dealkylation sites (tertiary alicyclic amines) is 1. The van der Waals surface area contributed by atoms with Gasteiger partial charge in [0.1, 0.15) is 0 Å². The third kappa shape index (κ3) is 3.97. The van der Waals surface area contributed by atoms with Crippen LogP contribution in [0.1, 0.15) is 26.2 Å². The number of benzene rings is 1. The zero-order valence-electron chi connectivity index (χ0n) is 12.5. The van der Waals surface area contributed by atoms with E-state index in [1.807, 2.05) is 6.92 Å². The summed E-state index contributed by atoms with van der Waals surface area (Å²) < 4.78 is 23.9. The SMILES string of the molecule is CCCS(=O)(=O)c1ccc(NC2CCC(=O)N(C)C2)cc1. The first-order valence-corrected chi connectivity index (χ1v) is 8.91. The molecule has 0 radical (unpaired) electrons. The van der Waals surface area contributed by atoms with Gasteiger partial charge in [0.15, 0.2) is 9.84 Å². The number of rotatable bonds is 5. The summed E-state index contributed by atoms with van der Waals surface area (Å²) in [5.41, 5.74) is 0.887. The fraction of sp³-hybridized carbons (Fsp3) is 0.533. The van der Waals surface area contributed by atoms with Gasteiger partial charge in [0, 0.05) is 31.7 Å². The third-order valence-electron chi connectivity index (χ3n) is 3.68. The monoisotopic (exact) mass is 310 g/mol. The Labute approximate surface area is 126 Å². The molecule has 21 heavy (non-hydrogen) atoms. The molecule has 1 atom stereocenters. The van der Waals surface area contributed by atoms with Crippen LogP contribution in [0.2, 0.25) is 0 Å². The molecule has 1 aromatic carbocycles. The lowest BCUT2D eigenvalue weighted by Crippen LogP contribution is -2.43. The summed E-state index contributed by atoms with van der Waals surface area (Å²) in [4.78, 5) is 13.5. The fourth-order valence-electron chi connectivity index (χ4n) is 2.51. The number of carbonyl (C=O) groups is 1. The van der Waals surface area contributed by atoms with E-state index in [0.29, 0.717) is 24.3 Å². The molecule has 1 heterocycles. The van der Waals surface area contributed by atoms with E-state index in [1.165, 1.54) is 0 Å². The first-order chi connectivity index (χ1) is 9.92. The van der Waals surface area contributed by atoms with Gasteiger partial charge in [0.25, 0.3) is 0 Å². The van der Waals surface area contributed by atoms with Gasteiger partial charge in [-0.2, -0.15) is 0 Å². The van der Waals surface area contributed by atoms with Crippen molar-refractivity contribution >= 4 is 21.4 Å². The summed E-state index contributed by atoms with van der Waals surface area (Å²) in [5.74, 6) is 0.351. The van der Waals surface area contributed by atoms with Crippen LogP contribution in [0.3, 0.4) is 0 Å². The first-order valence-electron chi connectivity index (χ1n) is 7.25. The Kier molecular flexibility index (Phi) is 4.88.